The molecule has 17 heavy (non-hydrogen) atoms. The monoisotopic (exact) mass is 254 g/mol. The average molecular weight is 255 g/mol. The van der Waals surface area contributed by atoms with Crippen LogP contribution >= 0.6 is 11.6 Å². The summed E-state index contributed by atoms with van der Waals surface area (Å²) in [5, 5.41) is 0.662. The summed E-state index contributed by atoms with van der Waals surface area (Å²) in [7, 11) is 0. The summed E-state index contributed by atoms with van der Waals surface area (Å²) in [6.07, 6.45) is 0. The van der Waals surface area contributed by atoms with Crippen molar-refractivity contribution < 1.29 is 14.3 Å². The molecule has 0 unspecified atom stereocenters. The predicted octanol–water partition coefficient (Wildman–Crippen LogP) is 2.98. The van der Waals surface area contributed by atoms with Gasteiger partial charge < -0.3 is 9.47 Å². The summed E-state index contributed by atoms with van der Waals surface area (Å²) in [6.45, 7) is 6.23. The molecule has 1 aromatic carbocycles. The Hall–Kier alpha value is -1.32. The SMILES string of the molecule is C=C(COCc1cccc(Cl)c1)C(=O)OCC. The van der Waals surface area contributed by atoms with E-state index in [-0.39, 0.29) is 6.61 Å². The number of ether oxygens (including phenoxy) is 2. The Morgan fingerprint density at radius 2 is 2.24 bits per heavy atom. The van der Waals surface area contributed by atoms with E-state index in [1.54, 1.807) is 13.0 Å². The van der Waals surface area contributed by atoms with Crippen LogP contribution in [0.1, 0.15) is 12.5 Å². The van der Waals surface area contributed by atoms with E-state index in [1.807, 2.05) is 18.2 Å². The Bertz CT molecular complexity index is 401. The number of hydrogen-bond donors (Lipinski definition) is 0. The predicted molar refractivity (Wildman–Crippen MR) is 66.9 cm³/mol. The second kappa shape index (κ2) is 7.09. The van der Waals surface area contributed by atoms with E-state index in [4.69, 9.17) is 21.1 Å². The van der Waals surface area contributed by atoms with Crippen molar-refractivity contribution in [2.75, 3.05) is 13.2 Å². The van der Waals surface area contributed by atoms with Crippen molar-refractivity contribution in [2.24, 2.45) is 0 Å². The van der Waals surface area contributed by atoms with Crippen molar-refractivity contribution >= 4 is 17.6 Å². The van der Waals surface area contributed by atoms with E-state index >= 15 is 0 Å². The zero-order valence-electron chi connectivity index (χ0n) is 9.74. The molecule has 0 heterocycles. The molecule has 92 valence electrons. The minimum atomic E-state index is -0.418. The average Bonchev–Trinajstić information content (AvgIpc) is 2.29. The molecule has 0 fully saturated rings. The molecule has 0 aliphatic rings. The molecule has 0 aliphatic carbocycles. The second-order valence-electron chi connectivity index (χ2n) is 3.45. The van der Waals surface area contributed by atoms with Gasteiger partial charge >= 0.3 is 5.97 Å². The van der Waals surface area contributed by atoms with Crippen LogP contribution in [0.25, 0.3) is 0 Å². The third-order valence-electron chi connectivity index (χ3n) is 2.00. The van der Waals surface area contributed by atoms with E-state index in [0.29, 0.717) is 23.8 Å². The largest absolute Gasteiger partial charge is 0.463 e. The lowest BCUT2D eigenvalue weighted by Gasteiger charge is -2.07. The van der Waals surface area contributed by atoms with Crippen molar-refractivity contribution in [2.45, 2.75) is 13.5 Å². The molecule has 0 bridgehead atoms. The first-order valence-electron chi connectivity index (χ1n) is 5.30. The molecule has 0 saturated heterocycles. The summed E-state index contributed by atoms with van der Waals surface area (Å²) < 4.78 is 10.1. The van der Waals surface area contributed by atoms with E-state index in [2.05, 4.69) is 6.58 Å². The fourth-order valence-corrected chi connectivity index (χ4v) is 1.42. The lowest BCUT2D eigenvalue weighted by atomic mass is 10.2. The van der Waals surface area contributed by atoms with Crippen LogP contribution in [0.5, 0.6) is 0 Å². The van der Waals surface area contributed by atoms with Crippen LogP contribution < -0.4 is 0 Å². The Kier molecular flexibility index (Phi) is 5.73. The second-order valence-corrected chi connectivity index (χ2v) is 3.88. The fourth-order valence-electron chi connectivity index (χ4n) is 1.21. The van der Waals surface area contributed by atoms with Crippen molar-refractivity contribution in [3.63, 3.8) is 0 Å². The molecule has 3 nitrogen and oxygen atoms in total. The first kappa shape index (κ1) is 13.7. The smallest absolute Gasteiger partial charge is 0.335 e. The van der Waals surface area contributed by atoms with Crippen molar-refractivity contribution in [1.82, 2.24) is 0 Å². The zero-order valence-corrected chi connectivity index (χ0v) is 10.5. The van der Waals surface area contributed by atoms with Gasteiger partial charge in [0.2, 0.25) is 0 Å². The van der Waals surface area contributed by atoms with Crippen LogP contribution in [0, 0.1) is 0 Å². The number of esters is 1. The van der Waals surface area contributed by atoms with Gasteiger partial charge in [-0.15, -0.1) is 0 Å². The van der Waals surface area contributed by atoms with Crippen LogP contribution in [0.2, 0.25) is 5.02 Å². The Balaban J connectivity index is 2.33. The van der Waals surface area contributed by atoms with Crippen LogP contribution in [0.15, 0.2) is 36.4 Å². The molecule has 0 atom stereocenters. The molecule has 0 radical (unpaired) electrons. The Morgan fingerprint density at radius 3 is 2.88 bits per heavy atom. The van der Waals surface area contributed by atoms with E-state index in [1.165, 1.54) is 0 Å². The normalized spacial score (nSPS) is 10.0. The van der Waals surface area contributed by atoms with Gasteiger partial charge in [-0.3, -0.25) is 0 Å². The van der Waals surface area contributed by atoms with Crippen LogP contribution in [-0.4, -0.2) is 19.2 Å². The molecule has 0 N–H and O–H groups in total. The molecule has 0 aromatic heterocycles. The highest BCUT2D eigenvalue weighted by Gasteiger charge is 2.07. The fraction of sp³-hybridized carbons (Fsp3) is 0.308. The van der Waals surface area contributed by atoms with Gasteiger partial charge in [0.15, 0.2) is 0 Å². The first-order valence-corrected chi connectivity index (χ1v) is 5.68. The number of carbonyl (C=O) groups is 1. The van der Waals surface area contributed by atoms with Crippen molar-refractivity contribution in [3.05, 3.63) is 47.0 Å². The maximum absolute atomic E-state index is 11.2. The van der Waals surface area contributed by atoms with E-state index in [0.717, 1.165) is 5.56 Å². The maximum Gasteiger partial charge on any atom is 0.335 e. The molecular formula is C13H15ClO3. The maximum atomic E-state index is 11.2. The summed E-state index contributed by atoms with van der Waals surface area (Å²) in [4.78, 5) is 11.2. The van der Waals surface area contributed by atoms with Gasteiger partial charge in [-0.25, -0.2) is 4.79 Å². The van der Waals surface area contributed by atoms with Gasteiger partial charge in [0, 0.05) is 5.02 Å². The number of benzene rings is 1. The van der Waals surface area contributed by atoms with Crippen molar-refractivity contribution in [1.29, 1.82) is 0 Å². The van der Waals surface area contributed by atoms with Crippen LogP contribution in [-0.2, 0) is 20.9 Å². The van der Waals surface area contributed by atoms with Gasteiger partial charge in [0.1, 0.15) is 0 Å². The van der Waals surface area contributed by atoms with Gasteiger partial charge in [-0.1, -0.05) is 30.3 Å². The molecule has 0 saturated carbocycles. The van der Waals surface area contributed by atoms with Gasteiger partial charge in [-0.2, -0.15) is 0 Å². The molecule has 0 spiro atoms. The third-order valence-corrected chi connectivity index (χ3v) is 2.23. The molecule has 4 heteroatoms. The Morgan fingerprint density at radius 1 is 1.47 bits per heavy atom. The highest BCUT2D eigenvalue weighted by Crippen LogP contribution is 2.11. The molecule has 0 aliphatic heterocycles. The van der Waals surface area contributed by atoms with E-state index < -0.39 is 5.97 Å². The first-order chi connectivity index (χ1) is 8.13. The zero-order chi connectivity index (χ0) is 12.7. The topological polar surface area (TPSA) is 35.5 Å². The van der Waals surface area contributed by atoms with Crippen molar-refractivity contribution in [3.8, 4) is 0 Å². The van der Waals surface area contributed by atoms with Gasteiger partial charge in [0.25, 0.3) is 0 Å². The number of halogens is 1. The van der Waals surface area contributed by atoms with E-state index in [9.17, 15) is 4.79 Å². The molecular weight excluding hydrogens is 240 g/mol. The minimum Gasteiger partial charge on any atom is -0.463 e. The summed E-state index contributed by atoms with van der Waals surface area (Å²) >= 11 is 5.83. The minimum absolute atomic E-state index is 0.158. The summed E-state index contributed by atoms with van der Waals surface area (Å²) in [5.74, 6) is -0.418. The van der Waals surface area contributed by atoms with Gasteiger partial charge in [-0.05, 0) is 24.6 Å². The van der Waals surface area contributed by atoms with Gasteiger partial charge in [0.05, 0.1) is 25.4 Å². The number of carbonyl (C=O) groups excluding carboxylic acids is 1. The standard InChI is InChI=1S/C13H15ClO3/c1-3-17-13(15)10(2)8-16-9-11-5-4-6-12(14)7-11/h4-7H,2-3,8-9H2,1H3. The molecule has 1 rings (SSSR count). The molecule has 0 amide bonds. The highest BCUT2D eigenvalue weighted by atomic mass is 35.5. The molecule has 1 aromatic rings. The lowest BCUT2D eigenvalue weighted by Crippen LogP contribution is -2.11. The third kappa shape index (κ3) is 5.02. The quantitative estimate of drug-likeness (QED) is 0.578. The van der Waals surface area contributed by atoms with Crippen LogP contribution in [0.3, 0.4) is 0 Å². The number of hydrogen-bond acceptors (Lipinski definition) is 3. The number of rotatable bonds is 6. The van der Waals surface area contributed by atoms with Crippen LogP contribution in [0.4, 0.5) is 0 Å². The lowest BCUT2D eigenvalue weighted by molar-refractivity contribution is -0.139. The summed E-state index contributed by atoms with van der Waals surface area (Å²) in [5.41, 5.74) is 1.27. The Labute approximate surface area is 106 Å². The highest BCUT2D eigenvalue weighted by molar-refractivity contribution is 6.30. The summed E-state index contributed by atoms with van der Waals surface area (Å²) in [6, 6.07) is 7.36.